The van der Waals surface area contributed by atoms with E-state index in [1.165, 1.54) is 0 Å². The molecule has 0 amide bonds. The molecule has 1 aromatic heterocycles. The molecule has 3 nitrogen and oxygen atoms in total. The molecule has 0 fully saturated rings. The number of nitrogens with zero attached hydrogens (tertiary/aromatic N) is 2. The number of rotatable bonds is 4. The number of aromatic nitrogens is 2. The van der Waals surface area contributed by atoms with Crippen LogP contribution in [0, 0.1) is 0 Å². The lowest BCUT2D eigenvalue weighted by molar-refractivity contribution is 0.00400. The molecule has 2 rings (SSSR count). The summed E-state index contributed by atoms with van der Waals surface area (Å²) in [5, 5.41) is 0.742. The Hall–Kier alpha value is -1.32. The zero-order valence-corrected chi connectivity index (χ0v) is 9.76. The lowest BCUT2D eigenvalue weighted by Gasteiger charge is -2.14. The van der Waals surface area contributed by atoms with E-state index in [9.17, 15) is 0 Å². The molecule has 84 valence electrons. The molecule has 1 unspecified atom stereocenters. The maximum atomic E-state index is 5.80. The van der Waals surface area contributed by atoms with E-state index in [1.54, 1.807) is 12.5 Å². The Kier molecular flexibility index (Phi) is 3.59. The number of hydrogen-bond donors (Lipinski definition) is 0. The zero-order valence-electron chi connectivity index (χ0n) is 9.01. The molecule has 0 aliphatic carbocycles. The van der Waals surface area contributed by atoms with Crippen molar-refractivity contribution in [3.05, 3.63) is 53.6 Å². The predicted molar refractivity (Wildman–Crippen MR) is 63.2 cm³/mol. The molecule has 0 aliphatic heterocycles. The van der Waals surface area contributed by atoms with Crippen molar-refractivity contribution in [3.8, 4) is 0 Å². The van der Waals surface area contributed by atoms with Crippen LogP contribution in [0.4, 0.5) is 0 Å². The largest absolute Gasteiger partial charge is 0.354 e. The lowest BCUT2D eigenvalue weighted by atomic mass is 10.2. The van der Waals surface area contributed by atoms with Crippen LogP contribution in [0.15, 0.2) is 43.0 Å². The summed E-state index contributed by atoms with van der Waals surface area (Å²) in [7, 11) is 0. The second-order valence-corrected chi connectivity index (χ2v) is 3.98. The van der Waals surface area contributed by atoms with E-state index in [1.807, 2.05) is 42.0 Å². The highest BCUT2D eigenvalue weighted by Crippen LogP contribution is 2.13. The van der Waals surface area contributed by atoms with Crippen LogP contribution in [0.5, 0.6) is 0 Å². The van der Waals surface area contributed by atoms with Gasteiger partial charge in [-0.2, -0.15) is 0 Å². The Labute approximate surface area is 99.6 Å². The summed E-state index contributed by atoms with van der Waals surface area (Å²) in [6, 6.07) is 7.65. The monoisotopic (exact) mass is 236 g/mol. The molecule has 0 N–H and O–H groups in total. The molecule has 0 bridgehead atoms. The highest BCUT2D eigenvalue weighted by Gasteiger charge is 2.03. The smallest absolute Gasteiger partial charge is 0.132 e. The van der Waals surface area contributed by atoms with Crippen LogP contribution in [-0.2, 0) is 11.3 Å². The predicted octanol–water partition coefficient (Wildman–Crippen LogP) is 3.27. The molecule has 0 radical (unpaired) electrons. The fourth-order valence-corrected chi connectivity index (χ4v) is 1.49. The van der Waals surface area contributed by atoms with Gasteiger partial charge in [0.1, 0.15) is 6.23 Å². The molecule has 2 aromatic rings. The normalized spacial score (nSPS) is 12.6. The number of imidazole rings is 1. The highest BCUT2D eigenvalue weighted by molar-refractivity contribution is 6.30. The van der Waals surface area contributed by atoms with Gasteiger partial charge < -0.3 is 9.30 Å². The van der Waals surface area contributed by atoms with Gasteiger partial charge in [-0.25, -0.2) is 4.98 Å². The first-order valence-corrected chi connectivity index (χ1v) is 5.47. The first-order valence-electron chi connectivity index (χ1n) is 5.09. The SMILES string of the molecule is CC(OCc1ccc(Cl)cc1)n1ccnc1. The van der Waals surface area contributed by atoms with Crippen molar-refractivity contribution in [2.45, 2.75) is 19.8 Å². The van der Waals surface area contributed by atoms with E-state index in [4.69, 9.17) is 16.3 Å². The van der Waals surface area contributed by atoms with Gasteiger partial charge in [-0.05, 0) is 24.6 Å². The van der Waals surface area contributed by atoms with Crippen molar-refractivity contribution in [1.29, 1.82) is 0 Å². The summed E-state index contributed by atoms with van der Waals surface area (Å²) in [6.07, 6.45) is 5.35. The van der Waals surface area contributed by atoms with E-state index in [-0.39, 0.29) is 6.23 Å². The van der Waals surface area contributed by atoms with Crippen LogP contribution in [0.3, 0.4) is 0 Å². The Morgan fingerprint density at radius 3 is 2.75 bits per heavy atom. The summed E-state index contributed by atoms with van der Waals surface area (Å²) in [6.45, 7) is 2.55. The van der Waals surface area contributed by atoms with Crippen molar-refractivity contribution < 1.29 is 4.74 Å². The lowest BCUT2D eigenvalue weighted by Crippen LogP contribution is -2.07. The van der Waals surface area contributed by atoms with Crippen LogP contribution in [0.1, 0.15) is 18.7 Å². The van der Waals surface area contributed by atoms with Gasteiger partial charge in [0.15, 0.2) is 0 Å². The first kappa shape index (κ1) is 11.2. The maximum Gasteiger partial charge on any atom is 0.132 e. The molecular formula is C12H13ClN2O. The Morgan fingerprint density at radius 2 is 2.12 bits per heavy atom. The van der Waals surface area contributed by atoms with E-state index in [2.05, 4.69) is 4.98 Å². The maximum absolute atomic E-state index is 5.80. The van der Waals surface area contributed by atoms with Gasteiger partial charge >= 0.3 is 0 Å². The molecule has 0 saturated heterocycles. The molecule has 4 heteroatoms. The Bertz CT molecular complexity index is 425. The fourth-order valence-electron chi connectivity index (χ4n) is 1.37. The molecule has 0 spiro atoms. The molecule has 0 saturated carbocycles. The minimum atomic E-state index is -0.0156. The highest BCUT2D eigenvalue weighted by atomic mass is 35.5. The Morgan fingerprint density at radius 1 is 1.38 bits per heavy atom. The van der Waals surface area contributed by atoms with Crippen molar-refractivity contribution in [1.82, 2.24) is 9.55 Å². The quantitative estimate of drug-likeness (QED) is 0.815. The van der Waals surface area contributed by atoms with Gasteiger partial charge in [-0.1, -0.05) is 23.7 Å². The average molecular weight is 237 g/mol. The third-order valence-corrected chi connectivity index (χ3v) is 2.60. The van der Waals surface area contributed by atoms with Crippen LogP contribution < -0.4 is 0 Å². The number of benzene rings is 1. The van der Waals surface area contributed by atoms with Gasteiger partial charge in [0.25, 0.3) is 0 Å². The molecule has 0 aliphatic rings. The molecule has 16 heavy (non-hydrogen) atoms. The average Bonchev–Trinajstić information content (AvgIpc) is 2.81. The zero-order chi connectivity index (χ0) is 11.4. The topological polar surface area (TPSA) is 27.1 Å². The van der Waals surface area contributed by atoms with E-state index < -0.39 is 0 Å². The fraction of sp³-hybridized carbons (Fsp3) is 0.250. The summed E-state index contributed by atoms with van der Waals surface area (Å²) >= 11 is 5.80. The molecule has 1 aromatic carbocycles. The minimum Gasteiger partial charge on any atom is -0.354 e. The molecule has 1 heterocycles. The first-order chi connectivity index (χ1) is 7.75. The third kappa shape index (κ3) is 2.84. The summed E-state index contributed by atoms with van der Waals surface area (Å²) in [5.41, 5.74) is 1.11. The van der Waals surface area contributed by atoms with E-state index >= 15 is 0 Å². The van der Waals surface area contributed by atoms with E-state index in [0.29, 0.717) is 6.61 Å². The second-order valence-electron chi connectivity index (χ2n) is 3.55. The number of hydrogen-bond acceptors (Lipinski definition) is 2. The third-order valence-electron chi connectivity index (χ3n) is 2.35. The van der Waals surface area contributed by atoms with Crippen LogP contribution in [0.2, 0.25) is 5.02 Å². The van der Waals surface area contributed by atoms with Crippen molar-refractivity contribution in [3.63, 3.8) is 0 Å². The van der Waals surface area contributed by atoms with Crippen LogP contribution in [0.25, 0.3) is 0 Å². The van der Waals surface area contributed by atoms with Crippen LogP contribution >= 0.6 is 11.6 Å². The standard InChI is InChI=1S/C12H13ClN2O/c1-10(15-7-6-14-9-15)16-8-11-2-4-12(13)5-3-11/h2-7,9-10H,8H2,1H3. The number of ether oxygens (including phenoxy) is 1. The van der Waals surface area contributed by atoms with Gasteiger partial charge in [0, 0.05) is 17.4 Å². The van der Waals surface area contributed by atoms with Crippen molar-refractivity contribution in [2.75, 3.05) is 0 Å². The molecule has 1 atom stereocenters. The van der Waals surface area contributed by atoms with Gasteiger partial charge in [-0.15, -0.1) is 0 Å². The summed E-state index contributed by atoms with van der Waals surface area (Å²) in [4.78, 5) is 3.98. The minimum absolute atomic E-state index is 0.0156. The van der Waals surface area contributed by atoms with Crippen molar-refractivity contribution in [2.24, 2.45) is 0 Å². The molecular weight excluding hydrogens is 224 g/mol. The van der Waals surface area contributed by atoms with Gasteiger partial charge in [-0.3, -0.25) is 0 Å². The van der Waals surface area contributed by atoms with Crippen molar-refractivity contribution >= 4 is 11.6 Å². The van der Waals surface area contributed by atoms with Gasteiger partial charge in [0.2, 0.25) is 0 Å². The van der Waals surface area contributed by atoms with Crippen LogP contribution in [-0.4, -0.2) is 9.55 Å². The number of halogens is 1. The van der Waals surface area contributed by atoms with Gasteiger partial charge in [0.05, 0.1) is 12.9 Å². The second kappa shape index (κ2) is 5.14. The summed E-state index contributed by atoms with van der Waals surface area (Å²) < 4.78 is 7.60. The Balaban J connectivity index is 1.90. The van der Waals surface area contributed by atoms with E-state index in [0.717, 1.165) is 10.6 Å². The summed E-state index contributed by atoms with van der Waals surface area (Å²) in [5.74, 6) is 0.